The van der Waals surface area contributed by atoms with E-state index in [1.165, 1.54) is 0 Å². The Balaban J connectivity index is 1.90. The van der Waals surface area contributed by atoms with Gasteiger partial charge >= 0.3 is 0 Å². The van der Waals surface area contributed by atoms with Crippen molar-refractivity contribution in [3.05, 3.63) is 71.4 Å². The topological polar surface area (TPSA) is 89.6 Å². The molecular weight excluding hydrogens is 336 g/mol. The molecule has 1 aliphatic rings. The fourth-order valence-electron chi connectivity index (χ4n) is 3.80. The molecule has 4 rings (SSSR count). The zero-order chi connectivity index (χ0) is 19.0. The third-order valence-electron chi connectivity index (χ3n) is 5.18. The smallest absolute Gasteiger partial charge is 0.237 e. The first kappa shape index (κ1) is 16.8. The highest BCUT2D eigenvalue weighted by atomic mass is 16.2. The Hall–Kier alpha value is -3.70. The number of para-hydroxylation sites is 1. The SMILES string of the molecule is Cc1ccc2c(c1)C(Cc1ccc3ccccc3n1)(C(C#N)C#N)C(=O)N2. The number of nitrogens with zero attached hydrogens (tertiary/aromatic N) is 3. The quantitative estimate of drug-likeness (QED) is 0.779. The summed E-state index contributed by atoms with van der Waals surface area (Å²) in [5, 5.41) is 23.1. The van der Waals surface area contributed by atoms with Crippen LogP contribution in [0, 0.1) is 35.5 Å². The van der Waals surface area contributed by atoms with E-state index < -0.39 is 11.3 Å². The van der Waals surface area contributed by atoms with Crippen molar-refractivity contribution in [3.63, 3.8) is 0 Å². The van der Waals surface area contributed by atoms with Crippen molar-refractivity contribution in [2.24, 2.45) is 5.92 Å². The number of carbonyl (C=O) groups excluding carboxylic acids is 1. The Bertz CT molecular complexity index is 1140. The molecule has 0 saturated heterocycles. The van der Waals surface area contributed by atoms with Crippen LogP contribution in [0.5, 0.6) is 0 Å². The predicted molar refractivity (Wildman–Crippen MR) is 102 cm³/mol. The Morgan fingerprint density at radius 2 is 1.89 bits per heavy atom. The van der Waals surface area contributed by atoms with Gasteiger partial charge in [0.25, 0.3) is 0 Å². The molecule has 0 bridgehead atoms. The van der Waals surface area contributed by atoms with Crippen LogP contribution in [0.25, 0.3) is 10.9 Å². The minimum atomic E-state index is -1.28. The van der Waals surface area contributed by atoms with Crippen molar-refractivity contribution in [1.82, 2.24) is 4.98 Å². The van der Waals surface area contributed by atoms with Crippen molar-refractivity contribution < 1.29 is 4.79 Å². The highest BCUT2D eigenvalue weighted by molar-refractivity contribution is 6.07. The minimum absolute atomic E-state index is 0.186. The van der Waals surface area contributed by atoms with Crippen LogP contribution in [0.3, 0.4) is 0 Å². The van der Waals surface area contributed by atoms with Crippen molar-refractivity contribution >= 4 is 22.5 Å². The van der Waals surface area contributed by atoms with E-state index in [1.807, 2.05) is 73.7 Å². The first-order valence-corrected chi connectivity index (χ1v) is 8.65. The van der Waals surface area contributed by atoms with Gasteiger partial charge in [-0.3, -0.25) is 9.78 Å². The number of hydrogen-bond acceptors (Lipinski definition) is 4. The number of benzene rings is 2. The zero-order valence-corrected chi connectivity index (χ0v) is 14.7. The first-order chi connectivity index (χ1) is 13.1. The van der Waals surface area contributed by atoms with Gasteiger partial charge in [0.2, 0.25) is 5.91 Å². The van der Waals surface area contributed by atoms with Crippen molar-refractivity contribution in [1.29, 1.82) is 10.5 Å². The standard InChI is InChI=1S/C22H16N4O/c1-14-6-9-20-18(10-14)22(21(27)26-20,16(12-23)13-24)11-17-8-7-15-4-2-3-5-19(15)25-17/h2-10,16H,11H2,1H3,(H,26,27). The number of amides is 1. The van der Waals surface area contributed by atoms with Gasteiger partial charge in [0.05, 0.1) is 17.7 Å². The number of aromatic nitrogens is 1. The van der Waals surface area contributed by atoms with Crippen molar-refractivity contribution in [3.8, 4) is 12.1 Å². The number of pyridine rings is 1. The molecule has 5 heteroatoms. The van der Waals surface area contributed by atoms with E-state index in [1.54, 1.807) is 0 Å². The van der Waals surface area contributed by atoms with Crippen LogP contribution in [-0.2, 0) is 16.6 Å². The Labute approximate surface area is 156 Å². The summed E-state index contributed by atoms with van der Waals surface area (Å²) >= 11 is 0. The van der Waals surface area contributed by atoms with Crippen LogP contribution < -0.4 is 5.32 Å². The van der Waals surface area contributed by atoms with Crippen LogP contribution in [0.2, 0.25) is 0 Å². The molecule has 3 aromatic rings. The number of nitriles is 2. The third kappa shape index (κ3) is 2.53. The second-order valence-corrected chi connectivity index (χ2v) is 6.84. The molecule has 1 unspecified atom stereocenters. The Kier molecular flexibility index (Phi) is 3.86. The van der Waals surface area contributed by atoms with Gasteiger partial charge < -0.3 is 5.32 Å². The largest absolute Gasteiger partial charge is 0.325 e. The molecule has 1 aromatic heterocycles. The number of rotatable bonds is 3. The van der Waals surface area contributed by atoms with E-state index in [2.05, 4.69) is 10.3 Å². The Morgan fingerprint density at radius 3 is 2.67 bits per heavy atom. The molecule has 27 heavy (non-hydrogen) atoms. The first-order valence-electron chi connectivity index (χ1n) is 8.65. The van der Waals surface area contributed by atoms with Gasteiger partial charge in [0, 0.05) is 23.2 Å². The molecule has 5 nitrogen and oxygen atoms in total. The lowest BCUT2D eigenvalue weighted by molar-refractivity contribution is -0.121. The van der Waals surface area contributed by atoms with Crippen molar-refractivity contribution in [2.45, 2.75) is 18.8 Å². The summed E-state index contributed by atoms with van der Waals surface area (Å²) in [7, 11) is 0. The normalized spacial score (nSPS) is 18.0. The van der Waals surface area contributed by atoms with E-state index >= 15 is 0 Å². The lowest BCUT2D eigenvalue weighted by Crippen LogP contribution is -2.43. The molecule has 0 fully saturated rings. The predicted octanol–water partition coefficient (Wildman–Crippen LogP) is 3.64. The molecule has 1 aliphatic heterocycles. The lowest BCUT2D eigenvalue weighted by Gasteiger charge is -2.28. The maximum Gasteiger partial charge on any atom is 0.237 e. The minimum Gasteiger partial charge on any atom is -0.325 e. The summed E-state index contributed by atoms with van der Waals surface area (Å²) in [6.45, 7) is 1.93. The maximum absolute atomic E-state index is 13.1. The van der Waals surface area contributed by atoms with Crippen LogP contribution in [-0.4, -0.2) is 10.9 Å². The van der Waals surface area contributed by atoms with Gasteiger partial charge in [0.1, 0.15) is 5.41 Å². The average molecular weight is 352 g/mol. The summed E-state index contributed by atoms with van der Waals surface area (Å²) in [4.78, 5) is 17.7. The molecule has 0 radical (unpaired) electrons. The van der Waals surface area contributed by atoms with Crippen LogP contribution >= 0.6 is 0 Å². The number of hydrogen-bond donors (Lipinski definition) is 1. The molecule has 2 aromatic carbocycles. The molecule has 2 heterocycles. The highest BCUT2D eigenvalue weighted by Crippen LogP contribution is 2.45. The highest BCUT2D eigenvalue weighted by Gasteiger charge is 2.53. The number of carbonyl (C=O) groups is 1. The van der Waals surface area contributed by atoms with Gasteiger partial charge in [-0.25, -0.2) is 0 Å². The molecular formula is C22H16N4O. The monoisotopic (exact) mass is 352 g/mol. The second kappa shape index (κ2) is 6.23. The molecule has 0 aliphatic carbocycles. The van der Waals surface area contributed by atoms with Crippen LogP contribution in [0.15, 0.2) is 54.6 Å². The summed E-state index contributed by atoms with van der Waals surface area (Å²) in [5.74, 6) is -1.44. The summed E-state index contributed by atoms with van der Waals surface area (Å²) in [6.07, 6.45) is 0.186. The fraction of sp³-hybridized carbons (Fsp3) is 0.182. The molecule has 1 N–H and O–H groups in total. The van der Waals surface area contributed by atoms with Crippen LogP contribution in [0.4, 0.5) is 5.69 Å². The van der Waals surface area contributed by atoms with E-state index in [0.717, 1.165) is 16.5 Å². The average Bonchev–Trinajstić information content (AvgIpc) is 2.95. The van der Waals surface area contributed by atoms with E-state index in [9.17, 15) is 15.3 Å². The number of aryl methyl sites for hydroxylation is 1. The van der Waals surface area contributed by atoms with Gasteiger partial charge in [-0.2, -0.15) is 10.5 Å². The molecule has 0 saturated carbocycles. The third-order valence-corrected chi connectivity index (χ3v) is 5.18. The molecule has 1 atom stereocenters. The molecule has 130 valence electrons. The van der Waals surface area contributed by atoms with Crippen LogP contribution in [0.1, 0.15) is 16.8 Å². The van der Waals surface area contributed by atoms with Gasteiger partial charge in [-0.05, 0) is 30.7 Å². The summed E-state index contributed by atoms with van der Waals surface area (Å²) in [5.41, 5.74) is 2.53. The number of nitrogens with one attached hydrogen (secondary N) is 1. The maximum atomic E-state index is 13.1. The van der Waals surface area contributed by atoms with Gasteiger partial charge in [-0.15, -0.1) is 0 Å². The summed E-state index contributed by atoms with van der Waals surface area (Å²) in [6, 6.07) is 21.2. The summed E-state index contributed by atoms with van der Waals surface area (Å²) < 4.78 is 0. The number of anilines is 1. The van der Waals surface area contributed by atoms with E-state index in [0.29, 0.717) is 16.9 Å². The van der Waals surface area contributed by atoms with Gasteiger partial charge in [0.15, 0.2) is 5.92 Å². The van der Waals surface area contributed by atoms with Crippen molar-refractivity contribution in [2.75, 3.05) is 5.32 Å². The number of fused-ring (bicyclic) bond motifs is 2. The Morgan fingerprint density at radius 1 is 1.11 bits per heavy atom. The second-order valence-electron chi connectivity index (χ2n) is 6.84. The zero-order valence-electron chi connectivity index (χ0n) is 14.7. The molecule has 1 amide bonds. The molecule has 0 spiro atoms. The van der Waals surface area contributed by atoms with E-state index in [-0.39, 0.29) is 12.3 Å². The lowest BCUT2D eigenvalue weighted by atomic mass is 9.68. The fourth-order valence-corrected chi connectivity index (χ4v) is 3.80. The van der Waals surface area contributed by atoms with Gasteiger partial charge in [-0.1, -0.05) is 42.0 Å². The van der Waals surface area contributed by atoms with E-state index in [4.69, 9.17) is 0 Å².